The predicted molar refractivity (Wildman–Crippen MR) is 103 cm³/mol. The van der Waals surface area contributed by atoms with Crippen molar-refractivity contribution in [1.82, 2.24) is 9.97 Å². The first-order valence-electron chi connectivity index (χ1n) is 7.76. The third-order valence-electron chi connectivity index (χ3n) is 3.88. The van der Waals surface area contributed by atoms with Gasteiger partial charge in [0.2, 0.25) is 15.9 Å². The van der Waals surface area contributed by atoms with Crippen molar-refractivity contribution in [3.8, 4) is 0 Å². The van der Waals surface area contributed by atoms with Gasteiger partial charge in [-0.05, 0) is 19.1 Å². The fraction of sp³-hybridized carbons (Fsp3) is 0.267. The van der Waals surface area contributed by atoms with Crippen molar-refractivity contribution >= 4 is 56.5 Å². The number of nitrogens with two attached hydrogens (primary N) is 1. The number of anilines is 3. The number of carbonyl (C=O) groups is 1. The number of rotatable bonds is 5. The Labute approximate surface area is 164 Å². The molecule has 3 rings (SSSR count). The third-order valence-corrected chi connectivity index (χ3v) is 6.78. The molecule has 4 N–H and O–H groups in total. The average Bonchev–Trinajstić information content (AvgIpc) is 3.06. The first-order valence-corrected chi connectivity index (χ1v) is 10.8. The normalized spacial score (nSPS) is 16.0. The van der Waals surface area contributed by atoms with Crippen LogP contribution in [-0.4, -0.2) is 35.8 Å². The molecule has 1 aliphatic heterocycles. The molecule has 12 heteroatoms. The van der Waals surface area contributed by atoms with E-state index >= 15 is 0 Å². The second-order valence-corrected chi connectivity index (χ2v) is 9.03. The number of hydrogen-bond acceptors (Lipinski definition) is 7. The van der Waals surface area contributed by atoms with Crippen LogP contribution in [0.2, 0.25) is 5.02 Å². The fourth-order valence-corrected chi connectivity index (χ4v) is 4.58. The molecule has 144 valence electrons. The van der Waals surface area contributed by atoms with Crippen LogP contribution in [0.3, 0.4) is 0 Å². The Morgan fingerprint density at radius 1 is 1.44 bits per heavy atom. The highest BCUT2D eigenvalue weighted by molar-refractivity contribution is 7.99. The van der Waals surface area contributed by atoms with Crippen molar-refractivity contribution in [2.45, 2.75) is 17.7 Å². The smallest absolute Gasteiger partial charge is 0.234 e. The molecule has 0 fully saturated rings. The molecule has 0 radical (unpaired) electrons. The first kappa shape index (κ1) is 19.6. The molecule has 1 aliphatic rings. The van der Waals surface area contributed by atoms with Gasteiger partial charge < -0.3 is 11.1 Å². The lowest BCUT2D eigenvalue weighted by atomic mass is 10.1. The van der Waals surface area contributed by atoms with Gasteiger partial charge in [0, 0.05) is 5.75 Å². The second kappa shape index (κ2) is 7.49. The Bertz CT molecular complexity index is 1020. The minimum Gasteiger partial charge on any atom is -0.383 e. The van der Waals surface area contributed by atoms with E-state index in [0.717, 1.165) is 6.07 Å². The quantitative estimate of drug-likeness (QED) is 0.663. The molecule has 0 saturated heterocycles. The van der Waals surface area contributed by atoms with Gasteiger partial charge >= 0.3 is 0 Å². The van der Waals surface area contributed by atoms with Crippen LogP contribution in [-0.2, 0) is 14.8 Å². The van der Waals surface area contributed by atoms with E-state index in [9.17, 15) is 17.6 Å². The van der Waals surface area contributed by atoms with Crippen molar-refractivity contribution < 1.29 is 17.6 Å². The number of halogens is 2. The summed E-state index contributed by atoms with van der Waals surface area (Å²) in [7, 11) is -3.62. The van der Waals surface area contributed by atoms with E-state index in [1.54, 1.807) is 0 Å². The maximum atomic E-state index is 14.2. The van der Waals surface area contributed by atoms with Crippen LogP contribution in [0.5, 0.6) is 0 Å². The van der Waals surface area contributed by atoms with Crippen LogP contribution >= 0.6 is 23.4 Å². The maximum absolute atomic E-state index is 14.2. The molecule has 2 aromatic rings. The fourth-order valence-electron chi connectivity index (χ4n) is 2.44. The van der Waals surface area contributed by atoms with E-state index in [4.69, 9.17) is 17.3 Å². The van der Waals surface area contributed by atoms with E-state index < -0.39 is 27.7 Å². The molecule has 0 saturated carbocycles. The maximum Gasteiger partial charge on any atom is 0.234 e. The summed E-state index contributed by atoms with van der Waals surface area (Å²) in [5.41, 5.74) is 5.91. The SMILES string of the molecule is CCS(=O)(=O)Nc1ccc(F)c(NC(=O)C2CSc3c(N)ncnc32)c1Cl. The molecular formula is C15H15ClFN5O3S2. The molecule has 8 nitrogen and oxygen atoms in total. The van der Waals surface area contributed by atoms with Crippen molar-refractivity contribution in [2.75, 3.05) is 27.3 Å². The number of nitrogen functional groups attached to an aromatic ring is 1. The molecule has 2 heterocycles. The van der Waals surface area contributed by atoms with Gasteiger partial charge in [-0.25, -0.2) is 22.8 Å². The van der Waals surface area contributed by atoms with E-state index in [0.29, 0.717) is 16.3 Å². The predicted octanol–water partition coefficient (Wildman–Crippen LogP) is 2.44. The Morgan fingerprint density at radius 2 is 2.19 bits per heavy atom. The zero-order valence-corrected chi connectivity index (χ0v) is 16.4. The van der Waals surface area contributed by atoms with E-state index in [1.807, 2.05) is 0 Å². The standard InChI is InChI=1S/C15H15ClFN5O3S2/c1-2-27(24,25)22-9-4-3-8(17)12(10(9)16)21-15(23)7-5-26-13-11(7)19-6-20-14(13)18/h3-4,6-7,22H,2,5H2,1H3,(H,21,23)(H2,18,19,20). The highest BCUT2D eigenvalue weighted by Crippen LogP contribution is 2.42. The largest absolute Gasteiger partial charge is 0.383 e. The highest BCUT2D eigenvalue weighted by Gasteiger charge is 2.33. The van der Waals surface area contributed by atoms with Gasteiger partial charge in [-0.3, -0.25) is 9.52 Å². The minimum atomic E-state index is -3.62. The zero-order valence-electron chi connectivity index (χ0n) is 14.0. The summed E-state index contributed by atoms with van der Waals surface area (Å²) in [6.45, 7) is 1.45. The van der Waals surface area contributed by atoms with Crippen molar-refractivity contribution in [3.63, 3.8) is 0 Å². The molecule has 1 atom stereocenters. The van der Waals surface area contributed by atoms with Gasteiger partial charge in [-0.1, -0.05) is 11.6 Å². The lowest BCUT2D eigenvalue weighted by Crippen LogP contribution is -2.23. The number of nitrogens with zero attached hydrogens (tertiary/aromatic N) is 2. The number of sulfonamides is 1. The number of carbonyl (C=O) groups excluding carboxylic acids is 1. The number of benzene rings is 1. The summed E-state index contributed by atoms with van der Waals surface area (Å²) >= 11 is 7.46. The number of hydrogen-bond donors (Lipinski definition) is 3. The molecule has 1 aromatic heterocycles. The van der Waals surface area contributed by atoms with Gasteiger partial charge in [0.1, 0.15) is 18.0 Å². The van der Waals surface area contributed by atoms with Crippen LogP contribution in [0.15, 0.2) is 23.4 Å². The average molecular weight is 432 g/mol. The number of nitrogens with one attached hydrogen (secondary N) is 2. The van der Waals surface area contributed by atoms with Gasteiger partial charge in [-0.2, -0.15) is 0 Å². The van der Waals surface area contributed by atoms with Crippen LogP contribution in [0.4, 0.5) is 21.6 Å². The number of amides is 1. The van der Waals surface area contributed by atoms with Gasteiger partial charge in [0.05, 0.1) is 38.7 Å². The van der Waals surface area contributed by atoms with Crippen LogP contribution in [0.1, 0.15) is 18.5 Å². The molecule has 1 aromatic carbocycles. The summed E-state index contributed by atoms with van der Waals surface area (Å²) in [5.74, 6) is -1.52. The summed E-state index contributed by atoms with van der Waals surface area (Å²) in [4.78, 5) is 21.2. The number of fused-ring (bicyclic) bond motifs is 1. The summed E-state index contributed by atoms with van der Waals surface area (Å²) in [5, 5.41) is 2.19. The Hall–Kier alpha value is -2.11. The number of thioether (sulfide) groups is 1. The van der Waals surface area contributed by atoms with E-state index in [2.05, 4.69) is 20.0 Å². The van der Waals surface area contributed by atoms with Gasteiger partial charge in [-0.15, -0.1) is 11.8 Å². The third kappa shape index (κ3) is 3.94. The van der Waals surface area contributed by atoms with Crippen LogP contribution < -0.4 is 15.8 Å². The van der Waals surface area contributed by atoms with Gasteiger partial charge in [0.15, 0.2) is 0 Å². The van der Waals surface area contributed by atoms with Gasteiger partial charge in [0.25, 0.3) is 0 Å². The lowest BCUT2D eigenvalue weighted by molar-refractivity contribution is -0.117. The Balaban J connectivity index is 1.88. The molecular weight excluding hydrogens is 417 g/mol. The van der Waals surface area contributed by atoms with Crippen molar-refractivity contribution in [1.29, 1.82) is 0 Å². The first-order chi connectivity index (χ1) is 12.7. The second-order valence-electron chi connectivity index (χ2n) is 5.62. The summed E-state index contributed by atoms with van der Waals surface area (Å²) < 4.78 is 40.0. The van der Waals surface area contributed by atoms with E-state index in [1.165, 1.54) is 31.1 Å². The molecule has 27 heavy (non-hydrogen) atoms. The Kier molecular flexibility index (Phi) is 5.45. The van der Waals surface area contributed by atoms with Crippen LogP contribution in [0, 0.1) is 5.82 Å². The molecule has 0 aliphatic carbocycles. The molecule has 1 unspecified atom stereocenters. The zero-order chi connectivity index (χ0) is 19.8. The monoisotopic (exact) mass is 431 g/mol. The molecule has 1 amide bonds. The lowest BCUT2D eigenvalue weighted by Gasteiger charge is -2.15. The van der Waals surface area contributed by atoms with Crippen LogP contribution in [0.25, 0.3) is 0 Å². The highest BCUT2D eigenvalue weighted by atomic mass is 35.5. The molecule has 0 spiro atoms. The molecule has 0 bridgehead atoms. The minimum absolute atomic E-state index is 0.0250. The van der Waals surface area contributed by atoms with E-state index in [-0.39, 0.29) is 28.0 Å². The van der Waals surface area contributed by atoms with Crippen molar-refractivity contribution in [3.05, 3.63) is 35.0 Å². The summed E-state index contributed by atoms with van der Waals surface area (Å²) in [6, 6.07) is 2.21. The topological polar surface area (TPSA) is 127 Å². The van der Waals surface area contributed by atoms with Crippen molar-refractivity contribution in [2.24, 2.45) is 0 Å². The summed E-state index contributed by atoms with van der Waals surface area (Å²) in [6.07, 6.45) is 1.26. The Morgan fingerprint density at radius 3 is 2.89 bits per heavy atom. The number of aromatic nitrogens is 2.